The van der Waals surface area contributed by atoms with Crippen LogP contribution >= 0.6 is 0 Å². The van der Waals surface area contributed by atoms with Crippen molar-refractivity contribution in [2.45, 2.75) is 111 Å². The van der Waals surface area contributed by atoms with Crippen LogP contribution in [0.2, 0.25) is 0 Å². The average molecular weight is 910 g/mol. The van der Waals surface area contributed by atoms with Gasteiger partial charge >= 0.3 is 21.1 Å². The third-order valence-corrected chi connectivity index (χ3v) is 10.6. The summed E-state index contributed by atoms with van der Waals surface area (Å²) in [6, 6.07) is 39.5. The van der Waals surface area contributed by atoms with Gasteiger partial charge in [0.1, 0.15) is 5.82 Å². The molecular weight excluding hydrogens is 856 g/mol. The van der Waals surface area contributed by atoms with Gasteiger partial charge in [0.2, 0.25) is 0 Å². The Balaban J connectivity index is 0.00000514. The maximum atomic E-state index is 6.61. The SMILES string of the molecule is CCCCCC(C)c1ccc2c(c1)c1ccc(Oc3[c-]c(-n4nc(CCC)c(-c5ccccc5)c4CCC)ccc3)[c-]c1n2-c1cc(C(C)(C)C)ccn1.[Pt+2]. The van der Waals surface area contributed by atoms with Gasteiger partial charge in [0.15, 0.2) is 0 Å². The second kappa shape index (κ2) is 17.5. The number of benzene rings is 4. The van der Waals surface area contributed by atoms with Gasteiger partial charge in [0.05, 0.1) is 5.69 Å². The van der Waals surface area contributed by atoms with Crippen molar-refractivity contribution in [1.82, 2.24) is 19.3 Å². The predicted molar refractivity (Wildman–Crippen MR) is 225 cm³/mol. The zero-order valence-corrected chi connectivity index (χ0v) is 35.8. The van der Waals surface area contributed by atoms with Gasteiger partial charge in [0, 0.05) is 34.5 Å². The van der Waals surface area contributed by atoms with Crippen LogP contribution < -0.4 is 4.74 Å². The molecule has 0 aliphatic heterocycles. The van der Waals surface area contributed by atoms with Crippen LogP contribution in [0.1, 0.15) is 115 Å². The van der Waals surface area contributed by atoms with Crippen molar-refractivity contribution in [3.8, 4) is 34.1 Å². The molecule has 0 amide bonds. The number of aryl methyl sites for hydroxylation is 1. The second-order valence-corrected chi connectivity index (χ2v) is 15.8. The summed E-state index contributed by atoms with van der Waals surface area (Å²) in [4.78, 5) is 4.92. The second-order valence-electron chi connectivity index (χ2n) is 15.8. The maximum absolute atomic E-state index is 6.61. The van der Waals surface area contributed by atoms with Crippen molar-refractivity contribution in [2.75, 3.05) is 0 Å². The molecule has 7 rings (SSSR count). The molecule has 55 heavy (non-hydrogen) atoms. The minimum Gasteiger partial charge on any atom is -0.509 e. The Labute approximate surface area is 342 Å². The number of fused-ring (bicyclic) bond motifs is 3. The van der Waals surface area contributed by atoms with Crippen LogP contribution in [-0.2, 0) is 39.3 Å². The minimum absolute atomic E-state index is 0. The molecule has 3 aromatic heterocycles. The molecule has 7 aromatic rings. The largest absolute Gasteiger partial charge is 2.00 e. The number of aromatic nitrogens is 4. The van der Waals surface area contributed by atoms with Crippen molar-refractivity contribution in [3.05, 3.63) is 132 Å². The van der Waals surface area contributed by atoms with E-state index in [4.69, 9.17) is 14.8 Å². The molecule has 6 heteroatoms. The smallest absolute Gasteiger partial charge is 0.509 e. The first kappa shape index (κ1) is 40.2. The van der Waals surface area contributed by atoms with Gasteiger partial charge in [-0.15, -0.1) is 35.7 Å². The number of rotatable bonds is 14. The van der Waals surface area contributed by atoms with E-state index in [-0.39, 0.29) is 26.5 Å². The summed E-state index contributed by atoms with van der Waals surface area (Å²) >= 11 is 0. The molecule has 0 radical (unpaired) electrons. The van der Waals surface area contributed by atoms with E-state index in [1.165, 1.54) is 59.0 Å². The van der Waals surface area contributed by atoms with Crippen molar-refractivity contribution < 1.29 is 25.8 Å². The third-order valence-electron chi connectivity index (χ3n) is 10.6. The first-order valence-electron chi connectivity index (χ1n) is 20.0. The van der Waals surface area contributed by atoms with Crippen LogP contribution in [0.3, 0.4) is 0 Å². The van der Waals surface area contributed by atoms with Gasteiger partial charge in [-0.3, -0.25) is 4.68 Å². The zero-order chi connectivity index (χ0) is 37.8. The summed E-state index contributed by atoms with van der Waals surface area (Å²) in [5, 5.41) is 7.55. The van der Waals surface area contributed by atoms with Crippen molar-refractivity contribution in [1.29, 1.82) is 0 Å². The van der Waals surface area contributed by atoms with Crippen LogP contribution in [0.4, 0.5) is 0 Å². The molecule has 0 N–H and O–H groups in total. The van der Waals surface area contributed by atoms with E-state index >= 15 is 0 Å². The van der Waals surface area contributed by atoms with Gasteiger partial charge in [-0.1, -0.05) is 129 Å². The molecule has 286 valence electrons. The van der Waals surface area contributed by atoms with Crippen LogP contribution in [0.5, 0.6) is 11.5 Å². The third kappa shape index (κ3) is 8.53. The van der Waals surface area contributed by atoms with Gasteiger partial charge in [-0.05, 0) is 76.6 Å². The normalized spacial score (nSPS) is 12.3. The van der Waals surface area contributed by atoms with Crippen molar-refractivity contribution >= 4 is 21.8 Å². The van der Waals surface area contributed by atoms with Gasteiger partial charge in [-0.25, -0.2) is 4.98 Å². The quantitative estimate of drug-likeness (QED) is 0.0807. The summed E-state index contributed by atoms with van der Waals surface area (Å²) in [6.07, 6.45) is 10.8. The average Bonchev–Trinajstić information content (AvgIpc) is 3.70. The number of ether oxygens (including phenoxy) is 1. The number of hydrogen-bond acceptors (Lipinski definition) is 3. The molecule has 0 fully saturated rings. The van der Waals surface area contributed by atoms with Gasteiger partial charge < -0.3 is 9.30 Å². The first-order valence-corrected chi connectivity index (χ1v) is 20.0. The molecule has 0 aliphatic rings. The van der Waals surface area contributed by atoms with E-state index in [2.05, 4.69) is 143 Å². The number of hydrogen-bond donors (Lipinski definition) is 0. The zero-order valence-electron chi connectivity index (χ0n) is 33.5. The van der Waals surface area contributed by atoms with Crippen molar-refractivity contribution in [3.63, 3.8) is 0 Å². The summed E-state index contributed by atoms with van der Waals surface area (Å²) in [6.45, 7) is 15.8. The Kier molecular flexibility index (Phi) is 12.8. The van der Waals surface area contributed by atoms with Crippen LogP contribution in [0.25, 0.3) is 44.4 Å². The first-order chi connectivity index (χ1) is 26.2. The summed E-state index contributed by atoms with van der Waals surface area (Å²) < 4.78 is 10.9. The summed E-state index contributed by atoms with van der Waals surface area (Å²) in [7, 11) is 0. The predicted octanol–water partition coefficient (Wildman–Crippen LogP) is 13.3. The summed E-state index contributed by atoms with van der Waals surface area (Å²) in [5.41, 5.74) is 10.3. The molecule has 5 nitrogen and oxygen atoms in total. The monoisotopic (exact) mass is 909 g/mol. The van der Waals surface area contributed by atoms with Crippen LogP contribution in [-0.4, -0.2) is 19.3 Å². The van der Waals surface area contributed by atoms with Crippen LogP contribution in [0.15, 0.2) is 97.2 Å². The fourth-order valence-electron chi connectivity index (χ4n) is 7.68. The molecule has 0 spiro atoms. The Morgan fingerprint density at radius 2 is 1.55 bits per heavy atom. The molecular formula is C49H54N4OPt. The number of nitrogens with zero attached hydrogens (tertiary/aromatic N) is 4. The molecule has 0 aliphatic carbocycles. The van der Waals surface area contributed by atoms with E-state index in [1.807, 2.05) is 24.4 Å². The van der Waals surface area contributed by atoms with Gasteiger partial charge in [0.25, 0.3) is 0 Å². The topological polar surface area (TPSA) is 44.9 Å². The van der Waals surface area contributed by atoms with Gasteiger partial charge in [-0.2, -0.15) is 17.2 Å². The Bertz CT molecular complexity index is 2360. The van der Waals surface area contributed by atoms with E-state index in [9.17, 15) is 0 Å². The Hall–Kier alpha value is -4.47. The van der Waals surface area contributed by atoms with E-state index < -0.39 is 0 Å². The Morgan fingerprint density at radius 1 is 0.764 bits per heavy atom. The molecule has 3 heterocycles. The van der Waals surface area contributed by atoms with E-state index in [1.54, 1.807) is 0 Å². The number of pyridine rings is 1. The molecule has 1 atom stereocenters. The fourth-order valence-corrected chi connectivity index (χ4v) is 7.68. The van der Waals surface area contributed by atoms with E-state index in [0.29, 0.717) is 17.4 Å². The van der Waals surface area contributed by atoms with E-state index in [0.717, 1.165) is 59.3 Å². The molecule has 4 aromatic carbocycles. The molecule has 0 saturated heterocycles. The Morgan fingerprint density at radius 3 is 2.29 bits per heavy atom. The molecule has 0 saturated carbocycles. The van der Waals surface area contributed by atoms with Crippen LogP contribution in [0, 0.1) is 12.1 Å². The minimum atomic E-state index is -0.0128. The molecule has 1 unspecified atom stereocenters. The number of unbranched alkanes of at least 4 members (excludes halogenated alkanes) is 2. The van der Waals surface area contributed by atoms with Crippen molar-refractivity contribution in [2.24, 2.45) is 0 Å². The fraction of sp³-hybridized carbons (Fsp3) is 0.347. The maximum Gasteiger partial charge on any atom is 2.00 e. The summed E-state index contributed by atoms with van der Waals surface area (Å²) in [5.74, 6) is 2.63. The molecule has 0 bridgehead atoms. The standard InChI is InChI=1S/C49H54N4O.Pt/c1-8-11-13-19-34(4)36-24-27-44-42(30-36)41-26-25-40(33-46(41)52(44)47-31-37(28-29-50-47)49(5,6)7)54-39-23-16-22-38(32-39)53-45(18-10-3)48(43(51-53)17-9-2)35-20-14-12-15-21-35;/h12,14-16,20-31,34H,8-11,13,17-19H2,1-7H3;/q-2;+2.